The highest BCUT2D eigenvalue weighted by Gasteiger charge is 2.24. The Morgan fingerprint density at radius 3 is 2.80 bits per heavy atom. The molecule has 0 atom stereocenters. The molecule has 1 aromatic carbocycles. The van der Waals surface area contributed by atoms with Gasteiger partial charge in [-0.3, -0.25) is 0 Å². The number of halogens is 1. The van der Waals surface area contributed by atoms with Gasteiger partial charge in [-0.25, -0.2) is 8.42 Å². The predicted octanol–water partition coefficient (Wildman–Crippen LogP) is 2.70. The van der Waals surface area contributed by atoms with Crippen molar-refractivity contribution >= 4 is 21.6 Å². The highest BCUT2D eigenvalue weighted by Crippen LogP contribution is 2.21. The van der Waals surface area contributed by atoms with E-state index < -0.39 is 10.0 Å². The Morgan fingerprint density at radius 2 is 2.20 bits per heavy atom. The molecule has 0 saturated carbocycles. The fourth-order valence-corrected chi connectivity index (χ4v) is 3.35. The van der Waals surface area contributed by atoms with Gasteiger partial charge in [0.2, 0.25) is 10.0 Å². The summed E-state index contributed by atoms with van der Waals surface area (Å²) < 4.78 is 31.1. The fourth-order valence-electron chi connectivity index (χ4n) is 1.67. The molecule has 2 aromatic rings. The van der Waals surface area contributed by atoms with Crippen molar-refractivity contribution < 1.29 is 12.9 Å². The number of rotatable bonds is 6. The third-order valence-corrected chi connectivity index (χ3v) is 4.64. The molecule has 0 unspecified atom stereocenters. The van der Waals surface area contributed by atoms with E-state index in [4.69, 9.17) is 16.1 Å². The van der Waals surface area contributed by atoms with Gasteiger partial charge < -0.3 is 4.52 Å². The standard InChI is InChI=1S/C13H13ClN2O3S/c1-2-7-16(10-12-6-8-19-15-12)20(17,18)13-5-3-4-11(14)9-13/h2-6,8-9H,1,7,10H2. The summed E-state index contributed by atoms with van der Waals surface area (Å²) in [6.07, 6.45) is 2.91. The number of hydrogen-bond acceptors (Lipinski definition) is 4. The molecule has 2 rings (SSSR count). The van der Waals surface area contributed by atoms with Crippen LogP contribution in [0.2, 0.25) is 5.02 Å². The molecule has 0 fully saturated rings. The van der Waals surface area contributed by atoms with Crippen LogP contribution in [0.25, 0.3) is 0 Å². The van der Waals surface area contributed by atoms with Gasteiger partial charge in [-0.1, -0.05) is 28.9 Å². The molecule has 0 aliphatic rings. The minimum Gasteiger partial charge on any atom is -0.364 e. The van der Waals surface area contributed by atoms with E-state index in [1.165, 1.54) is 28.8 Å². The lowest BCUT2D eigenvalue weighted by atomic mass is 10.4. The van der Waals surface area contributed by atoms with E-state index in [1.807, 2.05) is 0 Å². The molecule has 0 amide bonds. The Bertz CT molecular complexity index is 683. The number of sulfonamides is 1. The minimum absolute atomic E-state index is 0.108. The molecule has 5 nitrogen and oxygen atoms in total. The van der Waals surface area contributed by atoms with Crippen LogP contribution in [0.15, 0.2) is 58.7 Å². The predicted molar refractivity (Wildman–Crippen MR) is 75.7 cm³/mol. The van der Waals surface area contributed by atoms with Crippen LogP contribution in [0.3, 0.4) is 0 Å². The van der Waals surface area contributed by atoms with Gasteiger partial charge >= 0.3 is 0 Å². The zero-order valence-corrected chi connectivity index (χ0v) is 12.1. The zero-order chi connectivity index (χ0) is 14.6. The monoisotopic (exact) mass is 312 g/mol. The van der Waals surface area contributed by atoms with Gasteiger partial charge in [0.25, 0.3) is 0 Å². The Hall–Kier alpha value is -1.63. The van der Waals surface area contributed by atoms with E-state index in [9.17, 15) is 8.42 Å². The van der Waals surface area contributed by atoms with Crippen molar-refractivity contribution in [3.63, 3.8) is 0 Å². The van der Waals surface area contributed by atoms with Crippen molar-refractivity contribution in [1.29, 1.82) is 0 Å². The molecule has 0 aliphatic carbocycles. The Kier molecular flexibility index (Phi) is 4.59. The van der Waals surface area contributed by atoms with Crippen molar-refractivity contribution in [3.8, 4) is 0 Å². The van der Waals surface area contributed by atoms with E-state index in [-0.39, 0.29) is 18.0 Å². The van der Waals surface area contributed by atoms with Gasteiger partial charge in [-0.05, 0) is 18.2 Å². The first-order valence-electron chi connectivity index (χ1n) is 5.80. The van der Waals surface area contributed by atoms with E-state index >= 15 is 0 Å². The van der Waals surface area contributed by atoms with Gasteiger partial charge in [0.1, 0.15) is 6.26 Å². The SMILES string of the molecule is C=CCN(Cc1ccon1)S(=O)(=O)c1cccc(Cl)c1. The quantitative estimate of drug-likeness (QED) is 0.769. The van der Waals surface area contributed by atoms with Crippen molar-refractivity contribution in [2.24, 2.45) is 0 Å². The van der Waals surface area contributed by atoms with Gasteiger partial charge in [-0.2, -0.15) is 4.31 Å². The fraction of sp³-hybridized carbons (Fsp3) is 0.154. The molecule has 1 aromatic heterocycles. The first-order chi connectivity index (χ1) is 9.54. The summed E-state index contributed by atoms with van der Waals surface area (Å²) in [5.41, 5.74) is 0.525. The number of benzene rings is 1. The van der Waals surface area contributed by atoms with Crippen LogP contribution in [0, 0.1) is 0 Å². The van der Waals surface area contributed by atoms with Crippen molar-refractivity contribution in [2.75, 3.05) is 6.54 Å². The maximum atomic E-state index is 12.6. The smallest absolute Gasteiger partial charge is 0.243 e. The maximum Gasteiger partial charge on any atom is 0.243 e. The molecular formula is C13H13ClN2O3S. The van der Waals surface area contributed by atoms with E-state index in [2.05, 4.69) is 11.7 Å². The lowest BCUT2D eigenvalue weighted by Crippen LogP contribution is -2.31. The topological polar surface area (TPSA) is 63.4 Å². The first-order valence-corrected chi connectivity index (χ1v) is 7.61. The van der Waals surface area contributed by atoms with Gasteiger partial charge in [0, 0.05) is 17.6 Å². The highest BCUT2D eigenvalue weighted by atomic mass is 35.5. The molecule has 0 spiro atoms. The summed E-state index contributed by atoms with van der Waals surface area (Å²) >= 11 is 5.84. The third kappa shape index (κ3) is 3.27. The molecular weight excluding hydrogens is 300 g/mol. The molecule has 0 bridgehead atoms. The van der Waals surface area contributed by atoms with Gasteiger partial charge in [-0.15, -0.1) is 6.58 Å². The maximum absolute atomic E-state index is 12.6. The second-order valence-electron chi connectivity index (χ2n) is 4.03. The van der Waals surface area contributed by atoms with E-state index in [0.717, 1.165) is 0 Å². The number of nitrogens with zero attached hydrogens (tertiary/aromatic N) is 2. The second kappa shape index (κ2) is 6.21. The lowest BCUT2D eigenvalue weighted by Gasteiger charge is -2.19. The van der Waals surface area contributed by atoms with Crippen LogP contribution < -0.4 is 0 Å². The largest absolute Gasteiger partial charge is 0.364 e. The Morgan fingerprint density at radius 1 is 1.40 bits per heavy atom. The molecule has 0 saturated heterocycles. The summed E-state index contributed by atoms with van der Waals surface area (Å²) in [7, 11) is -3.67. The highest BCUT2D eigenvalue weighted by molar-refractivity contribution is 7.89. The van der Waals surface area contributed by atoms with Crippen LogP contribution in [-0.4, -0.2) is 24.4 Å². The van der Waals surface area contributed by atoms with Crippen LogP contribution in [0.4, 0.5) is 0 Å². The first kappa shape index (κ1) is 14.8. The average molecular weight is 313 g/mol. The van der Waals surface area contributed by atoms with Gasteiger partial charge in [0.05, 0.1) is 17.1 Å². The van der Waals surface area contributed by atoms with Crippen molar-refractivity contribution in [1.82, 2.24) is 9.46 Å². The molecule has 0 N–H and O–H groups in total. The third-order valence-electron chi connectivity index (χ3n) is 2.60. The van der Waals surface area contributed by atoms with E-state index in [0.29, 0.717) is 10.7 Å². The molecule has 20 heavy (non-hydrogen) atoms. The van der Waals surface area contributed by atoms with Crippen molar-refractivity contribution in [2.45, 2.75) is 11.4 Å². The summed E-state index contributed by atoms with van der Waals surface area (Å²) in [5, 5.41) is 4.09. The average Bonchev–Trinajstić information content (AvgIpc) is 2.91. The molecule has 0 radical (unpaired) electrons. The van der Waals surface area contributed by atoms with Crippen LogP contribution >= 0.6 is 11.6 Å². The summed E-state index contributed by atoms with van der Waals surface area (Å²) in [5.74, 6) is 0. The lowest BCUT2D eigenvalue weighted by molar-refractivity contribution is 0.385. The zero-order valence-electron chi connectivity index (χ0n) is 10.6. The molecule has 7 heteroatoms. The van der Waals surface area contributed by atoms with Crippen LogP contribution in [0.1, 0.15) is 5.69 Å². The van der Waals surface area contributed by atoms with Gasteiger partial charge in [0.15, 0.2) is 0 Å². The summed E-state index contributed by atoms with van der Waals surface area (Å²) in [4.78, 5) is 0.135. The molecule has 0 aliphatic heterocycles. The number of aromatic nitrogens is 1. The Labute approximate surface area is 122 Å². The van der Waals surface area contributed by atoms with Crippen LogP contribution in [-0.2, 0) is 16.6 Å². The summed E-state index contributed by atoms with van der Waals surface area (Å²) in [6.45, 7) is 3.86. The molecule has 1 heterocycles. The number of hydrogen-bond donors (Lipinski definition) is 0. The van der Waals surface area contributed by atoms with E-state index in [1.54, 1.807) is 18.2 Å². The normalized spacial score (nSPS) is 11.7. The molecule has 106 valence electrons. The Balaban J connectivity index is 2.34. The minimum atomic E-state index is -3.67. The summed E-state index contributed by atoms with van der Waals surface area (Å²) in [6, 6.07) is 7.74. The second-order valence-corrected chi connectivity index (χ2v) is 6.41. The van der Waals surface area contributed by atoms with Crippen molar-refractivity contribution in [3.05, 3.63) is 60.0 Å². The van der Waals surface area contributed by atoms with Crippen LogP contribution in [0.5, 0.6) is 0 Å².